The third-order valence-electron chi connectivity index (χ3n) is 2.85. The van der Waals surface area contributed by atoms with Gasteiger partial charge in [-0.2, -0.15) is 5.10 Å². The minimum absolute atomic E-state index is 0.331. The van der Waals surface area contributed by atoms with Crippen molar-refractivity contribution in [1.29, 1.82) is 0 Å². The second-order valence-electron chi connectivity index (χ2n) is 4.27. The molecule has 2 aromatic rings. The Hall–Kier alpha value is -1.17. The van der Waals surface area contributed by atoms with Gasteiger partial charge in [-0.3, -0.25) is 4.68 Å². The van der Waals surface area contributed by atoms with Crippen molar-refractivity contribution in [3.8, 4) is 0 Å². The van der Waals surface area contributed by atoms with Gasteiger partial charge < -0.3 is 10.4 Å². The second kappa shape index (κ2) is 6.68. The van der Waals surface area contributed by atoms with Gasteiger partial charge in [0.2, 0.25) is 0 Å². The summed E-state index contributed by atoms with van der Waals surface area (Å²) in [6.07, 6.45) is 4.19. The van der Waals surface area contributed by atoms with E-state index >= 15 is 0 Å². The molecule has 98 valence electrons. The molecule has 2 atom stereocenters. The van der Waals surface area contributed by atoms with Crippen LogP contribution in [0.4, 0.5) is 0 Å². The minimum Gasteiger partial charge on any atom is -0.390 e. The molecule has 2 unspecified atom stereocenters. The summed E-state index contributed by atoms with van der Waals surface area (Å²) in [5, 5.41) is 19.5. The molecule has 18 heavy (non-hydrogen) atoms. The van der Waals surface area contributed by atoms with Crippen LogP contribution in [0.15, 0.2) is 36.0 Å². The van der Waals surface area contributed by atoms with Crippen molar-refractivity contribution in [2.45, 2.75) is 32.0 Å². The summed E-state index contributed by atoms with van der Waals surface area (Å²) >= 11 is 1.75. The zero-order valence-corrected chi connectivity index (χ0v) is 11.3. The standard InChI is InChI=1S/C13H19N3OS/c1-2-12(13-5-3-8-18-13)14-9-11(17)10-16-7-4-6-15-16/h3-8,11-12,14,17H,2,9-10H2,1H3. The van der Waals surface area contributed by atoms with Crippen LogP contribution in [-0.4, -0.2) is 27.5 Å². The number of nitrogens with zero attached hydrogens (tertiary/aromatic N) is 2. The van der Waals surface area contributed by atoms with Gasteiger partial charge in [-0.15, -0.1) is 11.3 Å². The molecular formula is C13H19N3OS. The highest BCUT2D eigenvalue weighted by molar-refractivity contribution is 7.10. The molecule has 2 N–H and O–H groups in total. The SMILES string of the molecule is CCC(NCC(O)Cn1cccn1)c1cccs1. The number of hydrogen-bond donors (Lipinski definition) is 2. The van der Waals surface area contributed by atoms with Crippen LogP contribution in [0.5, 0.6) is 0 Å². The highest BCUT2D eigenvalue weighted by Gasteiger charge is 2.12. The summed E-state index contributed by atoms with van der Waals surface area (Å²) in [6, 6.07) is 6.38. The molecule has 0 fully saturated rings. The van der Waals surface area contributed by atoms with E-state index in [9.17, 15) is 5.11 Å². The number of thiophene rings is 1. The predicted molar refractivity (Wildman–Crippen MR) is 73.6 cm³/mol. The fraction of sp³-hybridized carbons (Fsp3) is 0.462. The monoisotopic (exact) mass is 265 g/mol. The van der Waals surface area contributed by atoms with Crippen molar-refractivity contribution < 1.29 is 5.11 Å². The van der Waals surface area contributed by atoms with Crippen LogP contribution in [0.3, 0.4) is 0 Å². The number of hydrogen-bond acceptors (Lipinski definition) is 4. The van der Waals surface area contributed by atoms with Gasteiger partial charge in [0.1, 0.15) is 0 Å². The zero-order valence-electron chi connectivity index (χ0n) is 10.5. The van der Waals surface area contributed by atoms with Gasteiger partial charge in [0.15, 0.2) is 0 Å². The van der Waals surface area contributed by atoms with E-state index in [0.29, 0.717) is 19.1 Å². The van der Waals surface area contributed by atoms with Crippen molar-refractivity contribution in [2.24, 2.45) is 0 Å². The Kier molecular flexibility index (Phi) is 4.92. The Labute approximate surface area is 111 Å². The molecular weight excluding hydrogens is 246 g/mol. The smallest absolute Gasteiger partial charge is 0.0860 e. The molecule has 2 heterocycles. The number of nitrogens with one attached hydrogen (secondary N) is 1. The molecule has 0 aromatic carbocycles. The molecule has 0 saturated heterocycles. The zero-order chi connectivity index (χ0) is 12.8. The lowest BCUT2D eigenvalue weighted by Gasteiger charge is -2.18. The quantitative estimate of drug-likeness (QED) is 0.805. The summed E-state index contributed by atoms with van der Waals surface area (Å²) < 4.78 is 1.75. The van der Waals surface area contributed by atoms with Crippen LogP contribution in [0.1, 0.15) is 24.3 Å². The van der Waals surface area contributed by atoms with Crippen molar-refractivity contribution in [1.82, 2.24) is 15.1 Å². The summed E-state index contributed by atoms with van der Waals surface area (Å²) in [7, 11) is 0. The third kappa shape index (κ3) is 3.66. The third-order valence-corrected chi connectivity index (χ3v) is 3.84. The van der Waals surface area contributed by atoms with Gasteiger partial charge >= 0.3 is 0 Å². The first-order chi connectivity index (χ1) is 8.79. The maximum absolute atomic E-state index is 9.94. The van der Waals surface area contributed by atoms with E-state index in [1.165, 1.54) is 4.88 Å². The molecule has 2 rings (SSSR count). The molecule has 0 bridgehead atoms. The van der Waals surface area contributed by atoms with Gasteiger partial charge in [-0.1, -0.05) is 13.0 Å². The Morgan fingerprint density at radius 1 is 1.50 bits per heavy atom. The van der Waals surface area contributed by atoms with Gasteiger partial charge in [0.05, 0.1) is 12.6 Å². The molecule has 4 nitrogen and oxygen atoms in total. The summed E-state index contributed by atoms with van der Waals surface area (Å²) in [4.78, 5) is 1.32. The van der Waals surface area contributed by atoms with Gasteiger partial charge in [-0.05, 0) is 23.9 Å². The Bertz CT molecular complexity index is 427. The molecule has 0 aliphatic heterocycles. The van der Waals surface area contributed by atoms with E-state index < -0.39 is 6.10 Å². The lowest BCUT2D eigenvalue weighted by atomic mass is 10.2. The largest absolute Gasteiger partial charge is 0.390 e. The van der Waals surface area contributed by atoms with Crippen LogP contribution >= 0.6 is 11.3 Å². The molecule has 0 aliphatic rings. The second-order valence-corrected chi connectivity index (χ2v) is 5.25. The van der Waals surface area contributed by atoms with Gasteiger partial charge in [0, 0.05) is 29.9 Å². The van der Waals surface area contributed by atoms with Crippen molar-refractivity contribution >= 4 is 11.3 Å². The van der Waals surface area contributed by atoms with Crippen molar-refractivity contribution in [2.75, 3.05) is 6.54 Å². The molecule has 2 aromatic heterocycles. The van der Waals surface area contributed by atoms with E-state index in [-0.39, 0.29) is 0 Å². The highest BCUT2D eigenvalue weighted by atomic mass is 32.1. The van der Waals surface area contributed by atoms with E-state index in [2.05, 4.69) is 34.9 Å². The van der Waals surface area contributed by atoms with Crippen molar-refractivity contribution in [3.05, 3.63) is 40.8 Å². The topological polar surface area (TPSA) is 50.1 Å². The molecule has 0 radical (unpaired) electrons. The van der Waals surface area contributed by atoms with Crippen LogP contribution < -0.4 is 5.32 Å². The van der Waals surface area contributed by atoms with Gasteiger partial charge in [0.25, 0.3) is 0 Å². The molecule has 0 saturated carbocycles. The highest BCUT2D eigenvalue weighted by Crippen LogP contribution is 2.21. The lowest BCUT2D eigenvalue weighted by Crippen LogP contribution is -2.32. The Morgan fingerprint density at radius 2 is 2.39 bits per heavy atom. The lowest BCUT2D eigenvalue weighted by molar-refractivity contribution is 0.142. The summed E-state index contributed by atoms with van der Waals surface area (Å²) in [5.74, 6) is 0. The maximum Gasteiger partial charge on any atom is 0.0860 e. The molecule has 5 heteroatoms. The van der Waals surface area contributed by atoms with E-state index in [4.69, 9.17) is 0 Å². The fourth-order valence-electron chi connectivity index (χ4n) is 1.90. The van der Waals surface area contributed by atoms with Crippen LogP contribution in [0, 0.1) is 0 Å². The van der Waals surface area contributed by atoms with Crippen LogP contribution in [0.2, 0.25) is 0 Å². The van der Waals surface area contributed by atoms with Crippen molar-refractivity contribution in [3.63, 3.8) is 0 Å². The number of rotatable bonds is 7. The fourth-order valence-corrected chi connectivity index (χ4v) is 2.79. The summed E-state index contributed by atoms with van der Waals surface area (Å²) in [5.41, 5.74) is 0. The van der Waals surface area contributed by atoms with Crippen LogP contribution in [-0.2, 0) is 6.54 Å². The average molecular weight is 265 g/mol. The Morgan fingerprint density at radius 3 is 3.00 bits per heavy atom. The number of aliphatic hydroxyl groups excluding tert-OH is 1. The Balaban J connectivity index is 1.79. The van der Waals surface area contributed by atoms with Gasteiger partial charge in [-0.25, -0.2) is 0 Å². The first-order valence-corrected chi connectivity index (χ1v) is 7.10. The minimum atomic E-state index is -0.418. The van der Waals surface area contributed by atoms with E-state index in [0.717, 1.165) is 6.42 Å². The molecule has 0 spiro atoms. The molecule has 0 aliphatic carbocycles. The number of aromatic nitrogens is 2. The van der Waals surface area contributed by atoms with Crippen LogP contribution in [0.25, 0.3) is 0 Å². The molecule has 0 amide bonds. The number of aliphatic hydroxyl groups is 1. The first-order valence-electron chi connectivity index (χ1n) is 6.22. The predicted octanol–water partition coefficient (Wildman–Crippen LogP) is 2.05. The van der Waals surface area contributed by atoms with E-state index in [1.54, 1.807) is 22.2 Å². The van der Waals surface area contributed by atoms with E-state index in [1.807, 2.05) is 12.3 Å². The maximum atomic E-state index is 9.94. The normalized spacial score (nSPS) is 14.6. The first kappa shape index (κ1) is 13.3. The average Bonchev–Trinajstić information content (AvgIpc) is 3.02. The summed E-state index contributed by atoms with van der Waals surface area (Å²) in [6.45, 7) is 3.26.